The number of aromatic nitrogens is 3. The van der Waals surface area contributed by atoms with E-state index in [0.29, 0.717) is 55.5 Å². The third-order valence-corrected chi connectivity index (χ3v) is 11.4. The van der Waals surface area contributed by atoms with Crippen LogP contribution in [-0.2, 0) is 16.8 Å². The van der Waals surface area contributed by atoms with Crippen LogP contribution >= 0.6 is 34.8 Å². The molecule has 0 spiro atoms. The molecule has 0 radical (unpaired) electrons. The predicted molar refractivity (Wildman–Crippen MR) is 171 cm³/mol. The minimum atomic E-state index is -1.04. The number of benzene rings is 1. The number of hydrogen-bond donors (Lipinski definition) is 1. The van der Waals surface area contributed by atoms with Gasteiger partial charge in [0.15, 0.2) is 0 Å². The Morgan fingerprint density at radius 3 is 2.31 bits per heavy atom. The van der Waals surface area contributed by atoms with Crippen LogP contribution < -0.4 is 4.74 Å². The van der Waals surface area contributed by atoms with Crippen LogP contribution in [0.4, 0.5) is 0 Å². The summed E-state index contributed by atoms with van der Waals surface area (Å²) in [5.74, 6) is 0.500. The van der Waals surface area contributed by atoms with Gasteiger partial charge in [-0.15, -0.1) is 0 Å². The highest BCUT2D eigenvalue weighted by Crippen LogP contribution is 2.56. The molecule has 1 N–H and O–H groups in total. The zero-order chi connectivity index (χ0) is 30.9. The first-order chi connectivity index (χ1) is 21.8. The molecule has 9 rings (SSSR count). The highest BCUT2D eigenvalue weighted by Gasteiger charge is 2.51. The first-order valence-corrected chi connectivity index (χ1v) is 16.8. The van der Waals surface area contributed by atoms with Crippen LogP contribution in [0, 0.1) is 0 Å². The third-order valence-electron chi connectivity index (χ3n) is 10.6. The molecule has 8 nitrogen and oxygen atoms in total. The Morgan fingerprint density at radius 1 is 0.978 bits per heavy atom. The number of aromatic carboxylic acids is 1. The lowest BCUT2D eigenvalue weighted by molar-refractivity contribution is -0.127. The van der Waals surface area contributed by atoms with Gasteiger partial charge in [0.05, 0.1) is 38.9 Å². The summed E-state index contributed by atoms with van der Waals surface area (Å²) in [6.07, 6.45) is 13.7. The minimum absolute atomic E-state index is 0.0394. The fourth-order valence-corrected chi connectivity index (χ4v) is 8.23. The van der Waals surface area contributed by atoms with Crippen molar-refractivity contribution in [2.24, 2.45) is 0 Å². The van der Waals surface area contributed by atoms with Crippen molar-refractivity contribution in [3.63, 3.8) is 0 Å². The standard InChI is InChI=1S/C34H32Cl3N3O5/c35-22-14-25(44-19-2-1-3-19)27(32(41)42)20-6-7-26(39-29(20)22)33-8-11-34(12-9-33,13-10-33)43-17-21-30(40-45-31(21)18-4-5-18)28-23(36)15-38-16-24(28)37/h6-7,14-16,18-19H,1-5,8-13,17H2,(H,41,42). The monoisotopic (exact) mass is 667 g/mol. The lowest BCUT2D eigenvalue weighted by Crippen LogP contribution is -2.50. The molecular weight excluding hydrogens is 637 g/mol. The molecule has 5 saturated carbocycles. The fourth-order valence-electron chi connectivity index (χ4n) is 7.45. The van der Waals surface area contributed by atoms with Gasteiger partial charge in [-0.1, -0.05) is 40.0 Å². The largest absolute Gasteiger partial charge is 0.489 e. The van der Waals surface area contributed by atoms with Crippen LogP contribution in [0.15, 0.2) is 35.1 Å². The average molecular weight is 669 g/mol. The summed E-state index contributed by atoms with van der Waals surface area (Å²) in [6.45, 7) is 0.375. The third kappa shape index (κ3) is 5.09. The van der Waals surface area contributed by atoms with E-state index in [9.17, 15) is 9.90 Å². The van der Waals surface area contributed by atoms with Crippen molar-refractivity contribution in [1.82, 2.24) is 15.1 Å². The van der Waals surface area contributed by atoms with E-state index in [4.69, 9.17) is 53.8 Å². The Bertz CT molecular complexity index is 1790. The van der Waals surface area contributed by atoms with Crippen LogP contribution in [0.2, 0.25) is 15.1 Å². The summed E-state index contributed by atoms with van der Waals surface area (Å²) in [4.78, 5) is 21.5. The number of ether oxygens (including phenoxy) is 2. The summed E-state index contributed by atoms with van der Waals surface area (Å²) < 4.78 is 18.7. The molecule has 0 atom stereocenters. The molecule has 5 aliphatic rings. The molecule has 0 amide bonds. The second-order valence-electron chi connectivity index (χ2n) is 13.2. The Hall–Kier alpha value is -2.91. The lowest BCUT2D eigenvalue weighted by Gasteiger charge is -2.53. The van der Waals surface area contributed by atoms with Crippen LogP contribution in [0.3, 0.4) is 0 Å². The zero-order valence-electron chi connectivity index (χ0n) is 24.6. The number of rotatable bonds is 9. The molecule has 5 fully saturated rings. The molecule has 11 heteroatoms. The van der Waals surface area contributed by atoms with Crippen LogP contribution in [-0.4, -0.2) is 37.9 Å². The second kappa shape index (κ2) is 11.1. The SMILES string of the molecule is O=C(O)c1c(OC2CCC2)cc(Cl)c2nc(C34CCC(OCc5c(-c6c(Cl)cncc6Cl)noc5C5CC5)(CC3)CC4)ccc12. The number of nitrogens with zero attached hydrogens (tertiary/aromatic N) is 3. The molecular formula is C34H32Cl3N3O5. The fraction of sp³-hybridized carbons (Fsp3) is 0.471. The molecule has 1 aromatic carbocycles. The maximum Gasteiger partial charge on any atom is 0.340 e. The van der Waals surface area contributed by atoms with Gasteiger partial charge in [0.1, 0.15) is 22.8 Å². The first kappa shape index (κ1) is 29.5. The number of hydrogen-bond acceptors (Lipinski definition) is 7. The zero-order valence-corrected chi connectivity index (χ0v) is 26.9. The van der Waals surface area contributed by atoms with Gasteiger partial charge in [0.25, 0.3) is 0 Å². The highest BCUT2D eigenvalue weighted by atomic mass is 35.5. The number of fused-ring (bicyclic) bond motifs is 4. The number of halogens is 3. The van der Waals surface area contributed by atoms with Gasteiger partial charge in [0, 0.05) is 52.0 Å². The molecule has 4 aromatic rings. The molecule has 45 heavy (non-hydrogen) atoms. The second-order valence-corrected chi connectivity index (χ2v) is 14.4. The van der Waals surface area contributed by atoms with Gasteiger partial charge < -0.3 is 19.1 Å². The molecule has 2 bridgehead atoms. The molecule has 5 aliphatic carbocycles. The number of carbonyl (C=O) groups is 1. The van der Waals surface area contributed by atoms with Gasteiger partial charge in [0.2, 0.25) is 0 Å². The Kier molecular flexibility index (Phi) is 7.28. The van der Waals surface area contributed by atoms with E-state index in [-0.39, 0.29) is 22.7 Å². The Morgan fingerprint density at radius 2 is 1.69 bits per heavy atom. The normalized spacial score (nSPS) is 24.6. The quantitative estimate of drug-likeness (QED) is 0.188. The van der Waals surface area contributed by atoms with Crippen LogP contribution in [0.25, 0.3) is 22.2 Å². The smallest absolute Gasteiger partial charge is 0.340 e. The van der Waals surface area contributed by atoms with Crippen molar-refractivity contribution in [2.45, 2.75) is 100 Å². The Balaban J connectivity index is 1.04. The van der Waals surface area contributed by atoms with Crippen LogP contribution in [0.5, 0.6) is 5.75 Å². The maximum atomic E-state index is 12.3. The van der Waals surface area contributed by atoms with Gasteiger partial charge >= 0.3 is 5.97 Å². The van der Waals surface area contributed by atoms with Crippen molar-refractivity contribution in [2.75, 3.05) is 0 Å². The first-order valence-electron chi connectivity index (χ1n) is 15.7. The summed E-state index contributed by atoms with van der Waals surface area (Å²) in [5, 5.41) is 16.3. The van der Waals surface area contributed by atoms with E-state index in [1.54, 1.807) is 18.5 Å². The number of pyridine rings is 2. The Labute approximate surface area is 275 Å². The predicted octanol–water partition coefficient (Wildman–Crippen LogP) is 9.31. The molecule has 0 saturated heterocycles. The number of carboxylic acid groups (broad SMARTS) is 1. The average Bonchev–Trinajstić information content (AvgIpc) is 3.78. The minimum Gasteiger partial charge on any atom is -0.489 e. The molecule has 3 heterocycles. The summed E-state index contributed by atoms with van der Waals surface area (Å²) in [5.41, 5.74) is 3.44. The molecule has 234 valence electrons. The molecule has 0 unspecified atom stereocenters. The summed E-state index contributed by atoms with van der Waals surface area (Å²) >= 11 is 19.8. The van der Waals surface area contributed by atoms with Crippen molar-refractivity contribution >= 4 is 51.7 Å². The van der Waals surface area contributed by atoms with Gasteiger partial charge in [-0.25, -0.2) is 4.79 Å². The van der Waals surface area contributed by atoms with Gasteiger partial charge in [-0.2, -0.15) is 0 Å². The summed E-state index contributed by atoms with van der Waals surface area (Å²) in [6, 6.07) is 5.48. The van der Waals surface area contributed by atoms with E-state index in [1.807, 2.05) is 12.1 Å². The van der Waals surface area contributed by atoms with Crippen molar-refractivity contribution in [3.8, 4) is 17.0 Å². The lowest BCUT2D eigenvalue weighted by atomic mass is 9.57. The molecule has 3 aromatic heterocycles. The van der Waals surface area contributed by atoms with E-state index in [1.165, 1.54) is 0 Å². The van der Waals surface area contributed by atoms with Gasteiger partial charge in [-0.05, 0) is 82.8 Å². The van der Waals surface area contributed by atoms with E-state index >= 15 is 0 Å². The van der Waals surface area contributed by atoms with E-state index in [2.05, 4.69) is 10.1 Å². The number of carboxylic acids is 1. The highest BCUT2D eigenvalue weighted by molar-refractivity contribution is 6.39. The van der Waals surface area contributed by atoms with Crippen molar-refractivity contribution in [3.05, 3.63) is 68.2 Å². The van der Waals surface area contributed by atoms with Crippen molar-refractivity contribution < 1.29 is 23.9 Å². The van der Waals surface area contributed by atoms with Crippen LogP contribution in [0.1, 0.15) is 104 Å². The molecule has 0 aliphatic heterocycles. The maximum absolute atomic E-state index is 12.3. The van der Waals surface area contributed by atoms with E-state index in [0.717, 1.165) is 87.6 Å². The van der Waals surface area contributed by atoms with Gasteiger partial charge in [-0.3, -0.25) is 9.97 Å². The van der Waals surface area contributed by atoms with E-state index < -0.39 is 5.97 Å². The van der Waals surface area contributed by atoms with Crippen molar-refractivity contribution in [1.29, 1.82) is 0 Å². The summed E-state index contributed by atoms with van der Waals surface area (Å²) in [7, 11) is 0. The topological polar surface area (TPSA) is 108 Å².